The standard InChI is InChI=1S/C30H44N2O7SSi/c1-28(2,3)38-27(34)32-19-17-30(26(32)33)21-31(40(35,36)22-13-10-9-11-14-22)18-16-23(30)25(24-15-12-20-37-24)39-41(7,8)29(4,5)6/h9-16,20,25-26,33H,17-19,21H2,1-8H3/t25?,26-,30-/m0/s1. The number of aliphatic hydroxyl groups excluding tert-OH is 1. The predicted octanol–water partition coefficient (Wildman–Crippen LogP) is 5.92. The van der Waals surface area contributed by atoms with Crippen LogP contribution in [0.25, 0.3) is 0 Å². The Hall–Kier alpha value is -2.44. The highest BCUT2D eigenvalue weighted by atomic mass is 32.2. The molecule has 1 N–H and O–H groups in total. The molecule has 0 saturated carbocycles. The highest BCUT2D eigenvalue weighted by Gasteiger charge is 2.58. The van der Waals surface area contributed by atoms with Crippen LogP contribution >= 0.6 is 0 Å². The van der Waals surface area contributed by atoms with E-state index in [0.717, 1.165) is 5.57 Å². The number of carbonyl (C=O) groups excluding carboxylic acids is 1. The molecule has 3 atom stereocenters. The number of hydrogen-bond acceptors (Lipinski definition) is 7. The van der Waals surface area contributed by atoms with Gasteiger partial charge in [-0.1, -0.05) is 45.0 Å². The monoisotopic (exact) mass is 604 g/mol. The number of carbonyl (C=O) groups is 1. The third kappa shape index (κ3) is 6.19. The van der Waals surface area contributed by atoms with Gasteiger partial charge >= 0.3 is 6.09 Å². The van der Waals surface area contributed by atoms with Gasteiger partial charge in [0, 0.05) is 19.6 Å². The molecule has 1 amide bonds. The molecule has 1 spiro atoms. The third-order valence-electron chi connectivity index (χ3n) is 8.45. The predicted molar refractivity (Wildman–Crippen MR) is 159 cm³/mol. The molecule has 41 heavy (non-hydrogen) atoms. The Morgan fingerprint density at radius 1 is 1.10 bits per heavy atom. The van der Waals surface area contributed by atoms with Crippen LogP contribution in [0, 0.1) is 5.41 Å². The number of furan rings is 1. The molecule has 0 radical (unpaired) electrons. The second-order valence-corrected chi connectivity index (χ2v) is 20.2. The maximum absolute atomic E-state index is 13.8. The molecule has 1 saturated heterocycles. The Morgan fingerprint density at radius 2 is 1.76 bits per heavy atom. The number of ether oxygens (including phenoxy) is 1. The number of likely N-dealkylation sites (tertiary alicyclic amines) is 1. The van der Waals surface area contributed by atoms with Gasteiger partial charge in [-0.05, 0) is 75.2 Å². The lowest BCUT2D eigenvalue weighted by atomic mass is 9.73. The zero-order chi connectivity index (χ0) is 30.4. The third-order valence-corrected chi connectivity index (χ3v) is 14.7. The number of nitrogens with zero attached hydrogens (tertiary/aromatic N) is 2. The van der Waals surface area contributed by atoms with Gasteiger partial charge < -0.3 is 18.7 Å². The lowest BCUT2D eigenvalue weighted by Crippen LogP contribution is -2.55. The average Bonchev–Trinajstić information content (AvgIpc) is 3.51. The van der Waals surface area contributed by atoms with Gasteiger partial charge in [0.1, 0.15) is 23.7 Å². The first-order valence-electron chi connectivity index (χ1n) is 14.0. The molecule has 4 rings (SSSR count). The molecule has 1 aromatic carbocycles. The molecule has 1 unspecified atom stereocenters. The fourth-order valence-corrected chi connectivity index (χ4v) is 7.85. The Labute approximate surface area is 245 Å². The largest absolute Gasteiger partial charge is 0.466 e. The van der Waals surface area contributed by atoms with Crippen LogP contribution in [-0.2, 0) is 19.2 Å². The van der Waals surface area contributed by atoms with E-state index < -0.39 is 47.8 Å². The van der Waals surface area contributed by atoms with E-state index in [9.17, 15) is 18.3 Å². The maximum Gasteiger partial charge on any atom is 0.412 e. The SMILES string of the molecule is CC(C)(C)OC(=O)N1CC[C@@]2(CN(S(=O)(=O)c3ccccc3)CC=C2C(O[Si](C)(C)C(C)(C)C)c2ccco2)[C@@H]1O. The molecular weight excluding hydrogens is 560 g/mol. The van der Waals surface area contributed by atoms with E-state index in [1.165, 1.54) is 9.21 Å². The smallest absolute Gasteiger partial charge is 0.412 e. The van der Waals surface area contributed by atoms with Crippen molar-refractivity contribution in [2.24, 2.45) is 5.41 Å². The molecule has 2 aromatic rings. The Bertz CT molecular complexity index is 1360. The summed E-state index contributed by atoms with van der Waals surface area (Å²) in [7, 11) is -6.28. The number of benzene rings is 1. The van der Waals surface area contributed by atoms with E-state index in [4.69, 9.17) is 13.6 Å². The number of hydrogen-bond donors (Lipinski definition) is 1. The van der Waals surface area contributed by atoms with Crippen molar-refractivity contribution in [3.63, 3.8) is 0 Å². The second-order valence-electron chi connectivity index (χ2n) is 13.5. The summed E-state index contributed by atoms with van der Waals surface area (Å²) in [6, 6.07) is 11.9. The zero-order valence-electron chi connectivity index (χ0n) is 25.4. The van der Waals surface area contributed by atoms with Gasteiger partial charge in [0.05, 0.1) is 16.6 Å². The molecule has 226 valence electrons. The molecule has 11 heteroatoms. The van der Waals surface area contributed by atoms with Crippen molar-refractivity contribution in [1.29, 1.82) is 0 Å². The van der Waals surface area contributed by atoms with E-state index in [0.29, 0.717) is 12.2 Å². The van der Waals surface area contributed by atoms with Crippen molar-refractivity contribution in [3.05, 3.63) is 66.1 Å². The van der Waals surface area contributed by atoms with Gasteiger partial charge in [-0.2, -0.15) is 4.31 Å². The molecule has 9 nitrogen and oxygen atoms in total. The minimum absolute atomic E-state index is 0.0331. The highest BCUT2D eigenvalue weighted by Crippen LogP contribution is 2.53. The van der Waals surface area contributed by atoms with Crippen LogP contribution in [0.3, 0.4) is 0 Å². The lowest BCUT2D eigenvalue weighted by molar-refractivity contribution is -0.0534. The lowest BCUT2D eigenvalue weighted by Gasteiger charge is -2.47. The van der Waals surface area contributed by atoms with E-state index in [1.807, 2.05) is 12.1 Å². The van der Waals surface area contributed by atoms with E-state index in [2.05, 4.69) is 33.9 Å². The highest BCUT2D eigenvalue weighted by molar-refractivity contribution is 7.89. The maximum atomic E-state index is 13.8. The molecule has 2 aliphatic rings. The van der Waals surface area contributed by atoms with Crippen molar-refractivity contribution >= 4 is 24.4 Å². The molecule has 3 heterocycles. The molecule has 1 aromatic heterocycles. The first-order chi connectivity index (χ1) is 18.9. The minimum atomic E-state index is -3.89. The van der Waals surface area contributed by atoms with Crippen LogP contribution in [0.15, 0.2) is 69.7 Å². The van der Waals surface area contributed by atoms with E-state index in [1.54, 1.807) is 63.4 Å². The summed E-state index contributed by atoms with van der Waals surface area (Å²) in [5.41, 5.74) is -1.20. The van der Waals surface area contributed by atoms with Gasteiger partial charge in [0.25, 0.3) is 0 Å². The number of amides is 1. The summed E-state index contributed by atoms with van der Waals surface area (Å²) < 4.78 is 47.4. The molecular formula is C30H44N2O7SSi. The van der Waals surface area contributed by atoms with Crippen molar-refractivity contribution in [3.8, 4) is 0 Å². The van der Waals surface area contributed by atoms with Crippen LogP contribution in [0.4, 0.5) is 4.79 Å². The zero-order valence-corrected chi connectivity index (χ0v) is 27.2. The van der Waals surface area contributed by atoms with Gasteiger partial charge in [-0.15, -0.1) is 0 Å². The summed E-state index contributed by atoms with van der Waals surface area (Å²) in [5.74, 6) is 0.572. The Kier molecular flexibility index (Phi) is 8.45. The molecule has 0 bridgehead atoms. The van der Waals surface area contributed by atoms with Crippen molar-refractivity contribution in [2.75, 3.05) is 19.6 Å². The Morgan fingerprint density at radius 3 is 2.32 bits per heavy atom. The molecule has 2 aliphatic heterocycles. The van der Waals surface area contributed by atoms with Crippen molar-refractivity contribution in [2.45, 2.75) is 88.9 Å². The van der Waals surface area contributed by atoms with Crippen LogP contribution in [0.5, 0.6) is 0 Å². The number of sulfonamides is 1. The summed E-state index contributed by atoms with van der Waals surface area (Å²) >= 11 is 0. The summed E-state index contributed by atoms with van der Waals surface area (Å²) in [6.07, 6.45) is 1.07. The number of aliphatic hydroxyl groups is 1. The van der Waals surface area contributed by atoms with Crippen LogP contribution in [0.1, 0.15) is 59.8 Å². The van der Waals surface area contributed by atoms with E-state index in [-0.39, 0.29) is 29.6 Å². The topological polar surface area (TPSA) is 110 Å². The Balaban J connectivity index is 1.83. The summed E-state index contributed by atoms with van der Waals surface area (Å²) in [6.45, 7) is 16.3. The van der Waals surface area contributed by atoms with Gasteiger partial charge in [-0.3, -0.25) is 4.90 Å². The first-order valence-corrected chi connectivity index (χ1v) is 18.4. The summed E-state index contributed by atoms with van der Waals surface area (Å²) in [4.78, 5) is 14.7. The van der Waals surface area contributed by atoms with E-state index >= 15 is 0 Å². The second kappa shape index (κ2) is 11.0. The normalized spacial score (nSPS) is 23.5. The number of rotatable bonds is 6. The van der Waals surface area contributed by atoms with Crippen LogP contribution in [-0.4, -0.2) is 68.6 Å². The molecule has 0 aliphatic carbocycles. The minimum Gasteiger partial charge on any atom is -0.466 e. The first kappa shape index (κ1) is 31.5. The fraction of sp³-hybridized carbons (Fsp3) is 0.567. The summed E-state index contributed by atoms with van der Waals surface area (Å²) in [5, 5.41) is 11.8. The van der Waals surface area contributed by atoms with Gasteiger partial charge in [0.15, 0.2) is 8.32 Å². The average molecular weight is 605 g/mol. The quantitative estimate of drug-likeness (QED) is 0.322. The van der Waals surface area contributed by atoms with Crippen molar-refractivity contribution < 1.29 is 31.9 Å². The van der Waals surface area contributed by atoms with Gasteiger partial charge in [-0.25, -0.2) is 13.2 Å². The molecule has 1 fully saturated rings. The fourth-order valence-electron chi connectivity index (χ4n) is 5.19. The van der Waals surface area contributed by atoms with Crippen molar-refractivity contribution in [1.82, 2.24) is 9.21 Å². The van der Waals surface area contributed by atoms with Crippen LogP contribution < -0.4 is 0 Å². The van der Waals surface area contributed by atoms with Crippen LogP contribution in [0.2, 0.25) is 18.1 Å². The van der Waals surface area contributed by atoms with Gasteiger partial charge in [0.2, 0.25) is 10.0 Å².